The van der Waals surface area contributed by atoms with Gasteiger partial charge in [0, 0.05) is 20.2 Å². The molecule has 0 unspecified atom stereocenters. The largest absolute Gasteiger partial charge is 0.493 e. The fraction of sp³-hybridized carbons (Fsp3) is 0.412. The maximum absolute atomic E-state index is 11.7. The molecule has 0 heterocycles. The van der Waals surface area contributed by atoms with Crippen molar-refractivity contribution in [2.45, 2.75) is 13.3 Å². The van der Waals surface area contributed by atoms with Gasteiger partial charge in [0.05, 0.1) is 20.3 Å². The van der Waals surface area contributed by atoms with E-state index in [1.807, 2.05) is 19.1 Å². The first-order chi connectivity index (χ1) is 11.0. The lowest BCUT2D eigenvalue weighted by molar-refractivity contribution is -0.129. The zero-order valence-electron chi connectivity index (χ0n) is 14.1. The maximum Gasteiger partial charge on any atom is 0.244 e. The second-order valence-corrected chi connectivity index (χ2v) is 5.10. The number of rotatable bonds is 8. The second kappa shape index (κ2) is 9.50. The zero-order valence-corrected chi connectivity index (χ0v) is 14.1. The van der Waals surface area contributed by atoms with Crippen molar-refractivity contribution in [2.75, 3.05) is 34.4 Å². The van der Waals surface area contributed by atoms with Crippen molar-refractivity contribution in [3.05, 3.63) is 29.8 Å². The Balaban J connectivity index is 2.65. The summed E-state index contributed by atoms with van der Waals surface area (Å²) in [5.74, 6) is 0.799. The van der Waals surface area contributed by atoms with E-state index < -0.39 is 0 Å². The SMILES string of the molecule is CCCOc1ccc(/C=C/C(=O)NCC(=O)N(C)C)cc1OC. The van der Waals surface area contributed by atoms with E-state index in [1.165, 1.54) is 11.0 Å². The van der Waals surface area contributed by atoms with Gasteiger partial charge in [0.1, 0.15) is 0 Å². The molecule has 0 fully saturated rings. The Hall–Kier alpha value is -2.50. The van der Waals surface area contributed by atoms with Crippen molar-refractivity contribution < 1.29 is 19.1 Å². The first kappa shape index (κ1) is 18.5. The minimum atomic E-state index is -0.328. The van der Waals surface area contributed by atoms with E-state index >= 15 is 0 Å². The topological polar surface area (TPSA) is 67.9 Å². The highest BCUT2D eigenvalue weighted by Gasteiger charge is 2.06. The minimum Gasteiger partial charge on any atom is -0.493 e. The summed E-state index contributed by atoms with van der Waals surface area (Å²) in [4.78, 5) is 24.5. The Kier molecular flexibility index (Phi) is 7.66. The molecule has 1 aromatic carbocycles. The minimum absolute atomic E-state index is 0.0245. The molecule has 0 aliphatic rings. The van der Waals surface area contributed by atoms with E-state index in [-0.39, 0.29) is 18.4 Å². The predicted molar refractivity (Wildman–Crippen MR) is 89.5 cm³/mol. The van der Waals surface area contributed by atoms with Gasteiger partial charge >= 0.3 is 0 Å². The van der Waals surface area contributed by atoms with Gasteiger partial charge in [-0.15, -0.1) is 0 Å². The zero-order chi connectivity index (χ0) is 17.2. The van der Waals surface area contributed by atoms with Crippen LogP contribution in [0.3, 0.4) is 0 Å². The van der Waals surface area contributed by atoms with Crippen LogP contribution in [0.15, 0.2) is 24.3 Å². The van der Waals surface area contributed by atoms with Crippen LogP contribution in [-0.2, 0) is 9.59 Å². The van der Waals surface area contributed by atoms with Gasteiger partial charge in [-0.25, -0.2) is 0 Å². The first-order valence-corrected chi connectivity index (χ1v) is 7.44. The fourth-order valence-corrected chi connectivity index (χ4v) is 1.67. The molecule has 126 valence electrons. The standard InChI is InChI=1S/C17H24N2O4/c1-5-10-23-14-8-6-13(11-15(14)22-4)7-9-16(20)18-12-17(21)19(2)3/h6-9,11H,5,10,12H2,1-4H3,(H,18,20)/b9-7+. The summed E-state index contributed by atoms with van der Waals surface area (Å²) in [5, 5.41) is 2.53. The third-order valence-electron chi connectivity index (χ3n) is 2.99. The van der Waals surface area contributed by atoms with E-state index in [1.54, 1.807) is 33.3 Å². The molecule has 0 aliphatic carbocycles. The highest BCUT2D eigenvalue weighted by molar-refractivity contribution is 5.94. The molecule has 0 radical (unpaired) electrons. The van der Waals surface area contributed by atoms with Crippen molar-refractivity contribution in [3.8, 4) is 11.5 Å². The molecule has 1 rings (SSSR count). The number of carbonyl (C=O) groups is 2. The van der Waals surface area contributed by atoms with Crippen LogP contribution in [0.5, 0.6) is 11.5 Å². The third kappa shape index (κ3) is 6.42. The van der Waals surface area contributed by atoms with Gasteiger partial charge < -0.3 is 19.7 Å². The maximum atomic E-state index is 11.7. The summed E-state index contributed by atoms with van der Waals surface area (Å²) in [5.41, 5.74) is 0.805. The van der Waals surface area contributed by atoms with E-state index in [0.29, 0.717) is 18.1 Å². The molecule has 0 spiro atoms. The van der Waals surface area contributed by atoms with E-state index in [0.717, 1.165) is 12.0 Å². The molecule has 6 heteroatoms. The molecule has 0 aliphatic heterocycles. The van der Waals surface area contributed by atoms with Crippen LogP contribution >= 0.6 is 0 Å². The van der Waals surface area contributed by atoms with Crippen LogP contribution in [0, 0.1) is 0 Å². The van der Waals surface area contributed by atoms with Crippen LogP contribution in [0.2, 0.25) is 0 Å². The van der Waals surface area contributed by atoms with Crippen molar-refractivity contribution in [1.29, 1.82) is 0 Å². The Labute approximate surface area is 137 Å². The summed E-state index contributed by atoms with van der Waals surface area (Å²) < 4.78 is 10.9. The van der Waals surface area contributed by atoms with Crippen LogP contribution < -0.4 is 14.8 Å². The number of ether oxygens (including phenoxy) is 2. The summed E-state index contributed by atoms with van der Waals surface area (Å²) in [6.07, 6.45) is 3.95. The van der Waals surface area contributed by atoms with Gasteiger partial charge in [0.15, 0.2) is 11.5 Å². The summed E-state index contributed by atoms with van der Waals surface area (Å²) in [6.45, 7) is 2.63. The Morgan fingerprint density at radius 3 is 2.61 bits per heavy atom. The third-order valence-corrected chi connectivity index (χ3v) is 2.99. The molecule has 6 nitrogen and oxygen atoms in total. The average molecular weight is 320 g/mol. The molecular formula is C17H24N2O4. The lowest BCUT2D eigenvalue weighted by Crippen LogP contribution is -2.35. The predicted octanol–water partition coefficient (Wildman–Crippen LogP) is 1.70. The molecule has 0 bridgehead atoms. The molecule has 1 N–H and O–H groups in total. The van der Waals surface area contributed by atoms with E-state index in [2.05, 4.69) is 5.32 Å². The molecule has 23 heavy (non-hydrogen) atoms. The van der Waals surface area contributed by atoms with Gasteiger partial charge in [0.25, 0.3) is 0 Å². The van der Waals surface area contributed by atoms with Gasteiger partial charge in [-0.05, 0) is 30.2 Å². The van der Waals surface area contributed by atoms with Gasteiger partial charge in [0.2, 0.25) is 11.8 Å². The number of benzene rings is 1. The monoisotopic (exact) mass is 320 g/mol. The highest BCUT2D eigenvalue weighted by atomic mass is 16.5. The number of amides is 2. The highest BCUT2D eigenvalue weighted by Crippen LogP contribution is 2.28. The molecule has 0 saturated carbocycles. The van der Waals surface area contributed by atoms with Crippen LogP contribution in [0.4, 0.5) is 0 Å². The van der Waals surface area contributed by atoms with E-state index in [4.69, 9.17) is 9.47 Å². The van der Waals surface area contributed by atoms with Crippen molar-refractivity contribution >= 4 is 17.9 Å². The summed E-state index contributed by atoms with van der Waals surface area (Å²) in [7, 11) is 4.85. The lowest BCUT2D eigenvalue weighted by Gasteiger charge is -2.10. The van der Waals surface area contributed by atoms with Gasteiger partial charge in [-0.2, -0.15) is 0 Å². The molecular weight excluding hydrogens is 296 g/mol. The number of hydrogen-bond donors (Lipinski definition) is 1. The number of methoxy groups -OCH3 is 1. The first-order valence-electron chi connectivity index (χ1n) is 7.44. The quantitative estimate of drug-likeness (QED) is 0.740. The number of carbonyl (C=O) groups excluding carboxylic acids is 2. The van der Waals surface area contributed by atoms with Crippen molar-refractivity contribution in [2.24, 2.45) is 0 Å². The van der Waals surface area contributed by atoms with Crippen molar-refractivity contribution in [1.82, 2.24) is 10.2 Å². The average Bonchev–Trinajstić information content (AvgIpc) is 2.55. The Morgan fingerprint density at radius 2 is 2.00 bits per heavy atom. The fourth-order valence-electron chi connectivity index (χ4n) is 1.67. The number of nitrogens with zero attached hydrogens (tertiary/aromatic N) is 1. The molecule has 0 atom stereocenters. The second-order valence-electron chi connectivity index (χ2n) is 5.10. The van der Waals surface area contributed by atoms with Crippen LogP contribution in [-0.4, -0.2) is 51.1 Å². The number of nitrogens with one attached hydrogen (secondary N) is 1. The molecule has 0 aromatic heterocycles. The molecule has 2 amide bonds. The molecule has 1 aromatic rings. The lowest BCUT2D eigenvalue weighted by atomic mass is 10.2. The summed E-state index contributed by atoms with van der Waals surface area (Å²) in [6, 6.07) is 5.43. The number of hydrogen-bond acceptors (Lipinski definition) is 4. The Bertz CT molecular complexity index is 568. The van der Waals surface area contributed by atoms with Crippen LogP contribution in [0.25, 0.3) is 6.08 Å². The van der Waals surface area contributed by atoms with Crippen LogP contribution in [0.1, 0.15) is 18.9 Å². The Morgan fingerprint density at radius 1 is 1.26 bits per heavy atom. The summed E-state index contributed by atoms with van der Waals surface area (Å²) >= 11 is 0. The van der Waals surface area contributed by atoms with E-state index in [9.17, 15) is 9.59 Å². The normalized spacial score (nSPS) is 10.4. The van der Waals surface area contributed by atoms with Gasteiger partial charge in [-0.1, -0.05) is 13.0 Å². The smallest absolute Gasteiger partial charge is 0.244 e. The number of likely N-dealkylation sites (N-methyl/N-ethyl adjacent to an activating group) is 1. The van der Waals surface area contributed by atoms with Gasteiger partial charge in [-0.3, -0.25) is 9.59 Å². The molecule has 0 saturated heterocycles. The van der Waals surface area contributed by atoms with Crippen molar-refractivity contribution in [3.63, 3.8) is 0 Å².